The number of carbonyl (C=O) groups is 4. The van der Waals surface area contributed by atoms with Gasteiger partial charge in [-0.1, -0.05) is 5.16 Å². The second kappa shape index (κ2) is 6.17. The molecule has 3 N–H and O–H groups in total. The lowest BCUT2D eigenvalue weighted by Gasteiger charge is -2.32. The van der Waals surface area contributed by atoms with Crippen molar-refractivity contribution in [3.05, 3.63) is 0 Å². The van der Waals surface area contributed by atoms with Crippen LogP contribution in [0.25, 0.3) is 0 Å². The highest BCUT2D eigenvalue weighted by Gasteiger charge is 2.56. The average Bonchev–Trinajstić information content (AvgIpc) is 2.37. The molecule has 0 bridgehead atoms. The van der Waals surface area contributed by atoms with Gasteiger partial charge in [0.25, 0.3) is 17.4 Å². The number of hydroxylamine groups is 1. The second-order valence-corrected chi connectivity index (χ2v) is 4.18. The SMILES string of the molecule is CON=C(C)C1(ONC(=O)N(C)C)C(=O)NC(=O)NC1=O. The number of imide groups is 2. The van der Waals surface area contributed by atoms with E-state index in [1.54, 1.807) is 0 Å². The minimum Gasteiger partial charge on any atom is -0.399 e. The quantitative estimate of drug-likeness (QED) is 0.322. The van der Waals surface area contributed by atoms with Crippen LogP contribution >= 0.6 is 0 Å². The number of rotatable bonds is 4. The fourth-order valence-electron chi connectivity index (χ4n) is 1.42. The molecule has 21 heavy (non-hydrogen) atoms. The highest BCUT2D eigenvalue weighted by molar-refractivity contribution is 6.34. The highest BCUT2D eigenvalue weighted by atomic mass is 16.7. The molecule has 0 aromatic heterocycles. The first-order chi connectivity index (χ1) is 9.75. The summed E-state index contributed by atoms with van der Waals surface area (Å²) < 4.78 is 0. The van der Waals surface area contributed by atoms with E-state index in [0.717, 1.165) is 4.90 Å². The van der Waals surface area contributed by atoms with Crippen molar-refractivity contribution < 1.29 is 28.9 Å². The topological polar surface area (TPSA) is 138 Å². The van der Waals surface area contributed by atoms with Crippen molar-refractivity contribution in [2.45, 2.75) is 12.5 Å². The molecule has 0 radical (unpaired) electrons. The van der Waals surface area contributed by atoms with Crippen LogP contribution in [-0.4, -0.2) is 61.3 Å². The van der Waals surface area contributed by atoms with E-state index in [2.05, 4.69) is 9.99 Å². The molecule has 0 saturated carbocycles. The summed E-state index contributed by atoms with van der Waals surface area (Å²) >= 11 is 0. The molecule has 0 aromatic carbocycles. The van der Waals surface area contributed by atoms with E-state index < -0.39 is 29.5 Å². The lowest BCUT2D eigenvalue weighted by atomic mass is 9.94. The molecule has 0 unspecified atom stereocenters. The zero-order valence-corrected chi connectivity index (χ0v) is 11.8. The summed E-state index contributed by atoms with van der Waals surface area (Å²) in [6, 6.07) is -1.73. The Kier molecular flexibility index (Phi) is 4.81. The minimum absolute atomic E-state index is 0.216. The van der Waals surface area contributed by atoms with Gasteiger partial charge in [-0.2, -0.15) is 0 Å². The van der Waals surface area contributed by atoms with Gasteiger partial charge in [0, 0.05) is 14.1 Å². The van der Waals surface area contributed by atoms with Crippen molar-refractivity contribution in [2.75, 3.05) is 21.2 Å². The summed E-state index contributed by atoms with van der Waals surface area (Å²) in [7, 11) is 4.04. The normalized spacial score (nSPS) is 17.7. The zero-order chi connectivity index (χ0) is 16.2. The zero-order valence-electron chi connectivity index (χ0n) is 11.8. The Morgan fingerprint density at radius 3 is 2.19 bits per heavy atom. The van der Waals surface area contributed by atoms with E-state index in [1.807, 2.05) is 16.1 Å². The number of amides is 6. The van der Waals surface area contributed by atoms with Crippen molar-refractivity contribution in [3.63, 3.8) is 0 Å². The van der Waals surface area contributed by atoms with Crippen LogP contribution in [0.4, 0.5) is 9.59 Å². The largest absolute Gasteiger partial charge is 0.399 e. The molecule has 1 saturated heterocycles. The number of nitrogens with one attached hydrogen (secondary N) is 3. The lowest BCUT2D eigenvalue weighted by Crippen LogP contribution is -2.72. The van der Waals surface area contributed by atoms with Crippen LogP contribution in [-0.2, 0) is 19.3 Å². The molecule has 6 amide bonds. The highest BCUT2D eigenvalue weighted by Crippen LogP contribution is 2.17. The summed E-state index contributed by atoms with van der Waals surface area (Å²) in [5.41, 5.74) is -0.642. The molecule has 1 aliphatic heterocycles. The third-order valence-corrected chi connectivity index (χ3v) is 2.53. The Morgan fingerprint density at radius 2 is 1.76 bits per heavy atom. The number of urea groups is 2. The van der Waals surface area contributed by atoms with Gasteiger partial charge in [-0.05, 0) is 6.92 Å². The van der Waals surface area contributed by atoms with Crippen LogP contribution in [0.5, 0.6) is 0 Å². The summed E-state index contributed by atoms with van der Waals surface area (Å²) in [6.07, 6.45) is 0. The summed E-state index contributed by atoms with van der Waals surface area (Å²) in [5.74, 6) is -2.21. The second-order valence-electron chi connectivity index (χ2n) is 4.18. The van der Waals surface area contributed by atoms with Crippen LogP contribution in [0.15, 0.2) is 5.16 Å². The van der Waals surface area contributed by atoms with Gasteiger partial charge in [-0.15, -0.1) is 0 Å². The summed E-state index contributed by atoms with van der Waals surface area (Å²) in [4.78, 5) is 57.2. The van der Waals surface area contributed by atoms with Gasteiger partial charge in [0.1, 0.15) is 12.8 Å². The molecule has 1 rings (SSSR count). The molecule has 11 heteroatoms. The number of hydrogen-bond donors (Lipinski definition) is 3. The minimum atomic E-state index is -2.35. The van der Waals surface area contributed by atoms with Gasteiger partial charge in [0.05, 0.1) is 0 Å². The smallest absolute Gasteiger partial charge is 0.340 e. The fraction of sp³-hybridized carbons (Fsp3) is 0.500. The first kappa shape index (κ1) is 16.4. The van der Waals surface area contributed by atoms with Crippen molar-refractivity contribution in [1.82, 2.24) is 21.0 Å². The predicted molar refractivity (Wildman–Crippen MR) is 67.8 cm³/mol. The monoisotopic (exact) mass is 301 g/mol. The lowest BCUT2D eigenvalue weighted by molar-refractivity contribution is -0.158. The number of oxime groups is 1. The van der Waals surface area contributed by atoms with Crippen molar-refractivity contribution >= 4 is 29.6 Å². The molecular weight excluding hydrogens is 286 g/mol. The molecule has 11 nitrogen and oxygen atoms in total. The maximum atomic E-state index is 12.0. The number of hydrogen-bond acceptors (Lipinski definition) is 7. The van der Waals surface area contributed by atoms with Crippen LogP contribution < -0.4 is 16.1 Å². The third kappa shape index (κ3) is 3.08. The number of barbiturate groups is 1. The van der Waals surface area contributed by atoms with Crippen LogP contribution in [0.1, 0.15) is 6.92 Å². The van der Waals surface area contributed by atoms with Gasteiger partial charge in [-0.3, -0.25) is 20.2 Å². The predicted octanol–water partition coefficient (Wildman–Crippen LogP) is -1.68. The standard InChI is InChI=1S/C10H15N5O6/c1-5(13-20-4)10(21-14-9(19)15(2)3)6(16)11-8(18)12-7(10)17/h1-4H3,(H,14,19)(H2,11,12,16,17,18). The molecule has 0 spiro atoms. The van der Waals surface area contributed by atoms with Crippen molar-refractivity contribution in [3.8, 4) is 0 Å². The van der Waals surface area contributed by atoms with Crippen LogP contribution in [0.3, 0.4) is 0 Å². The Labute approximate surface area is 119 Å². The first-order valence-electron chi connectivity index (χ1n) is 5.66. The van der Waals surface area contributed by atoms with Gasteiger partial charge in [0.2, 0.25) is 0 Å². The Hall–Kier alpha value is -2.69. The van der Waals surface area contributed by atoms with Crippen molar-refractivity contribution in [1.29, 1.82) is 0 Å². The van der Waals surface area contributed by atoms with Crippen LogP contribution in [0, 0.1) is 0 Å². The molecule has 0 aromatic rings. The van der Waals surface area contributed by atoms with Gasteiger partial charge >= 0.3 is 12.1 Å². The van der Waals surface area contributed by atoms with E-state index in [-0.39, 0.29) is 5.71 Å². The summed E-state index contributed by atoms with van der Waals surface area (Å²) in [5, 5.41) is 7.18. The molecule has 0 aliphatic carbocycles. The fourth-order valence-corrected chi connectivity index (χ4v) is 1.42. The van der Waals surface area contributed by atoms with E-state index in [1.165, 1.54) is 28.1 Å². The molecule has 116 valence electrons. The first-order valence-corrected chi connectivity index (χ1v) is 5.66. The Bertz CT molecular complexity index is 494. The van der Waals surface area contributed by atoms with Crippen molar-refractivity contribution in [2.24, 2.45) is 5.16 Å². The van der Waals surface area contributed by atoms with E-state index in [9.17, 15) is 19.2 Å². The van der Waals surface area contributed by atoms with E-state index in [0.29, 0.717) is 0 Å². The Balaban J connectivity index is 3.15. The van der Waals surface area contributed by atoms with E-state index >= 15 is 0 Å². The van der Waals surface area contributed by atoms with Gasteiger partial charge < -0.3 is 9.74 Å². The number of nitrogens with zero attached hydrogens (tertiary/aromatic N) is 2. The molecular formula is C10H15N5O6. The van der Waals surface area contributed by atoms with Crippen LogP contribution in [0.2, 0.25) is 0 Å². The average molecular weight is 301 g/mol. The molecule has 0 atom stereocenters. The van der Waals surface area contributed by atoms with Gasteiger partial charge in [0.15, 0.2) is 0 Å². The molecule has 1 heterocycles. The Morgan fingerprint density at radius 1 is 1.24 bits per heavy atom. The molecule has 1 aliphatic rings. The van der Waals surface area contributed by atoms with E-state index in [4.69, 9.17) is 4.84 Å². The third-order valence-electron chi connectivity index (χ3n) is 2.53. The molecule has 1 fully saturated rings. The van der Waals surface area contributed by atoms with Gasteiger partial charge in [-0.25, -0.2) is 19.9 Å². The number of carbonyl (C=O) groups excluding carboxylic acids is 4. The summed E-state index contributed by atoms with van der Waals surface area (Å²) in [6.45, 7) is 1.26. The maximum absolute atomic E-state index is 12.0. The maximum Gasteiger partial charge on any atom is 0.340 e.